The zero-order valence-electron chi connectivity index (χ0n) is 33.8. The highest BCUT2D eigenvalue weighted by Crippen LogP contribution is 2.33. The minimum absolute atomic E-state index is 0.170. The normalized spacial score (nSPS) is 11.2. The summed E-state index contributed by atoms with van der Waals surface area (Å²) in [5.74, 6) is 0.975. The van der Waals surface area contributed by atoms with Crippen LogP contribution in [0.15, 0.2) is 109 Å². The van der Waals surface area contributed by atoms with E-state index in [1.807, 2.05) is 84.9 Å². The molecule has 6 amide bonds. The predicted molar refractivity (Wildman–Crippen MR) is 225 cm³/mol. The second-order valence-electron chi connectivity index (χ2n) is 15.1. The van der Waals surface area contributed by atoms with E-state index in [9.17, 15) is 19.2 Å². The number of carbonyl (C=O) groups is 4. The Bertz CT molecular complexity index is 1700. The first-order valence-electron chi connectivity index (χ1n) is 20.0. The SMILES string of the molecule is CC(C)(c1ccccc1)c1ccc(OC(=O)NCCCCCCNC(=O)NC(=O)NCCCCCCNC(=O)Oc2ccc(C(C)(C)c3ccccc3)cc2)cc1. The average Bonchev–Trinajstić information content (AvgIpc) is 3.21. The molecule has 0 aliphatic carbocycles. The van der Waals surface area contributed by atoms with Crippen molar-refractivity contribution in [1.29, 1.82) is 0 Å². The zero-order chi connectivity index (χ0) is 40.9. The number of benzene rings is 4. The summed E-state index contributed by atoms with van der Waals surface area (Å²) in [6, 6.07) is 34.7. The first-order valence-corrected chi connectivity index (χ1v) is 20.0. The minimum Gasteiger partial charge on any atom is -0.410 e. The molecule has 0 aliphatic rings. The number of urea groups is 2. The first-order chi connectivity index (χ1) is 27.4. The quantitative estimate of drug-likeness (QED) is 0.0566. The number of nitrogens with one attached hydrogen (secondary N) is 5. The average molecular weight is 778 g/mol. The number of ether oxygens (including phenoxy) is 2. The van der Waals surface area contributed by atoms with E-state index >= 15 is 0 Å². The van der Waals surface area contributed by atoms with Gasteiger partial charge >= 0.3 is 24.2 Å². The van der Waals surface area contributed by atoms with Gasteiger partial charge in [0.05, 0.1) is 0 Å². The van der Waals surface area contributed by atoms with Crippen molar-refractivity contribution >= 4 is 24.2 Å². The molecular weight excluding hydrogens is 719 g/mol. The van der Waals surface area contributed by atoms with Crippen LogP contribution in [0.3, 0.4) is 0 Å². The number of rotatable bonds is 20. The molecule has 57 heavy (non-hydrogen) atoms. The van der Waals surface area contributed by atoms with Gasteiger partial charge in [-0.25, -0.2) is 19.2 Å². The first kappa shape index (κ1) is 43.9. The highest BCUT2D eigenvalue weighted by molar-refractivity contribution is 5.93. The van der Waals surface area contributed by atoms with E-state index in [-0.39, 0.29) is 10.8 Å². The van der Waals surface area contributed by atoms with E-state index in [1.165, 1.54) is 11.1 Å². The fraction of sp³-hybridized carbons (Fsp3) is 0.391. The minimum atomic E-state index is -0.543. The number of unbranched alkanes of at least 4 members (excludes halogenated alkanes) is 6. The van der Waals surface area contributed by atoms with Crippen LogP contribution in [-0.2, 0) is 10.8 Å². The van der Waals surface area contributed by atoms with Crippen LogP contribution >= 0.6 is 0 Å². The second kappa shape index (κ2) is 22.6. The van der Waals surface area contributed by atoms with Crippen LogP contribution in [-0.4, -0.2) is 50.4 Å². The molecule has 0 saturated carbocycles. The summed E-state index contributed by atoms with van der Waals surface area (Å²) >= 11 is 0. The molecule has 4 aromatic carbocycles. The number of imide groups is 1. The molecule has 0 saturated heterocycles. The van der Waals surface area contributed by atoms with Gasteiger partial charge in [0.25, 0.3) is 0 Å². The highest BCUT2D eigenvalue weighted by atomic mass is 16.6. The summed E-state index contributed by atoms with van der Waals surface area (Å²) in [5, 5.41) is 13.2. The molecule has 4 aromatic rings. The fourth-order valence-corrected chi connectivity index (χ4v) is 6.39. The van der Waals surface area contributed by atoms with E-state index in [4.69, 9.17) is 9.47 Å². The predicted octanol–water partition coefficient (Wildman–Crippen LogP) is 9.35. The number of hydrogen-bond acceptors (Lipinski definition) is 6. The van der Waals surface area contributed by atoms with Gasteiger partial charge in [0.1, 0.15) is 11.5 Å². The summed E-state index contributed by atoms with van der Waals surface area (Å²) in [6.07, 6.45) is 5.54. The third kappa shape index (κ3) is 15.0. The van der Waals surface area contributed by atoms with Crippen molar-refractivity contribution in [2.45, 2.75) is 89.9 Å². The van der Waals surface area contributed by atoms with Crippen molar-refractivity contribution in [3.05, 3.63) is 131 Å². The summed E-state index contributed by atoms with van der Waals surface area (Å²) in [7, 11) is 0. The van der Waals surface area contributed by atoms with Crippen LogP contribution in [0, 0.1) is 0 Å². The summed E-state index contributed by atoms with van der Waals surface area (Å²) in [5.41, 5.74) is 4.34. The summed E-state index contributed by atoms with van der Waals surface area (Å²) in [6.45, 7) is 10.5. The largest absolute Gasteiger partial charge is 0.412 e. The van der Waals surface area contributed by atoms with E-state index < -0.39 is 24.2 Å². The molecular formula is C46H59N5O6. The van der Waals surface area contributed by atoms with Gasteiger partial charge in [-0.15, -0.1) is 0 Å². The fourth-order valence-electron chi connectivity index (χ4n) is 6.39. The third-order valence-electron chi connectivity index (χ3n) is 10.1. The van der Waals surface area contributed by atoms with E-state index in [1.54, 1.807) is 0 Å². The van der Waals surface area contributed by atoms with Crippen molar-refractivity contribution in [3.8, 4) is 11.5 Å². The molecule has 304 valence electrons. The maximum Gasteiger partial charge on any atom is 0.412 e. The summed E-state index contributed by atoms with van der Waals surface area (Å²) < 4.78 is 10.9. The Morgan fingerprint density at radius 1 is 0.404 bits per heavy atom. The lowest BCUT2D eigenvalue weighted by molar-refractivity contribution is 0.199. The van der Waals surface area contributed by atoms with Gasteiger partial charge in [0, 0.05) is 37.0 Å². The lowest BCUT2D eigenvalue weighted by Crippen LogP contribution is -2.45. The molecule has 0 aliphatic heterocycles. The molecule has 0 fully saturated rings. The van der Waals surface area contributed by atoms with Crippen molar-refractivity contribution in [3.63, 3.8) is 0 Å². The topological polar surface area (TPSA) is 147 Å². The Hall–Kier alpha value is -5.84. The van der Waals surface area contributed by atoms with Gasteiger partial charge in [0.2, 0.25) is 0 Å². The monoisotopic (exact) mass is 777 g/mol. The van der Waals surface area contributed by atoms with Crippen LogP contribution in [0.1, 0.15) is 101 Å². The molecule has 0 spiro atoms. The van der Waals surface area contributed by atoms with Crippen LogP contribution in [0.5, 0.6) is 11.5 Å². The third-order valence-corrected chi connectivity index (χ3v) is 10.1. The summed E-state index contributed by atoms with van der Waals surface area (Å²) in [4.78, 5) is 48.6. The number of hydrogen-bond donors (Lipinski definition) is 5. The van der Waals surface area contributed by atoms with Crippen LogP contribution in [0.25, 0.3) is 0 Å². The van der Waals surface area contributed by atoms with E-state index in [0.717, 1.165) is 62.5 Å². The molecule has 0 bridgehead atoms. The standard InChI is InChI=1S/C46H59N5O6/c1-45(2,35-19-11-9-12-20-35)37-23-27-39(28-24-37)56-43(54)49-33-17-7-5-15-31-47-41(52)51-42(53)48-32-16-6-8-18-34-50-44(55)57-40-29-25-38(26-30-40)46(3,4)36-21-13-10-14-22-36/h9-14,19-30H,5-8,15-18,31-34H2,1-4H3,(H,49,54)(H,50,55)(H3,47,48,51,52,53). The number of carbonyl (C=O) groups excluding carboxylic acids is 4. The van der Waals surface area contributed by atoms with Crippen LogP contribution in [0.2, 0.25) is 0 Å². The van der Waals surface area contributed by atoms with Gasteiger partial charge < -0.3 is 30.7 Å². The van der Waals surface area contributed by atoms with Gasteiger partial charge in [-0.2, -0.15) is 0 Å². The van der Waals surface area contributed by atoms with Gasteiger partial charge in [-0.3, -0.25) is 5.32 Å². The lowest BCUT2D eigenvalue weighted by atomic mass is 9.78. The maximum atomic E-state index is 12.2. The van der Waals surface area contributed by atoms with E-state index in [2.05, 4.69) is 78.5 Å². The molecule has 11 heteroatoms. The molecule has 11 nitrogen and oxygen atoms in total. The zero-order valence-corrected chi connectivity index (χ0v) is 33.8. The molecule has 0 aromatic heterocycles. The van der Waals surface area contributed by atoms with Crippen LogP contribution in [0.4, 0.5) is 19.2 Å². The second-order valence-corrected chi connectivity index (χ2v) is 15.1. The Labute approximate surface area is 337 Å². The van der Waals surface area contributed by atoms with Gasteiger partial charge in [-0.05, 0) is 72.2 Å². The van der Waals surface area contributed by atoms with Crippen molar-refractivity contribution < 1.29 is 28.7 Å². The molecule has 4 rings (SSSR count). The van der Waals surface area contributed by atoms with Gasteiger partial charge in [-0.1, -0.05) is 138 Å². The Balaban J connectivity index is 0.935. The van der Waals surface area contributed by atoms with Crippen molar-refractivity contribution in [2.24, 2.45) is 0 Å². The molecule has 0 heterocycles. The smallest absolute Gasteiger partial charge is 0.410 e. The van der Waals surface area contributed by atoms with Crippen molar-refractivity contribution in [2.75, 3.05) is 26.2 Å². The highest BCUT2D eigenvalue weighted by Gasteiger charge is 2.24. The molecule has 0 unspecified atom stereocenters. The Morgan fingerprint density at radius 2 is 0.702 bits per heavy atom. The number of amides is 6. The Kier molecular flexibility index (Phi) is 17.4. The van der Waals surface area contributed by atoms with E-state index in [0.29, 0.717) is 37.7 Å². The molecule has 0 atom stereocenters. The molecule has 0 radical (unpaired) electrons. The lowest BCUT2D eigenvalue weighted by Gasteiger charge is -2.26. The van der Waals surface area contributed by atoms with Gasteiger partial charge in [0.15, 0.2) is 0 Å². The van der Waals surface area contributed by atoms with Crippen LogP contribution < -0.4 is 36.1 Å². The Morgan fingerprint density at radius 3 is 1.04 bits per heavy atom. The maximum absolute atomic E-state index is 12.2. The van der Waals surface area contributed by atoms with Crippen molar-refractivity contribution in [1.82, 2.24) is 26.6 Å². The molecule has 5 N–H and O–H groups in total.